The fourth-order valence-electron chi connectivity index (χ4n) is 3.49. The monoisotopic (exact) mass is 404 g/mol. The van der Waals surface area contributed by atoms with Gasteiger partial charge in [-0.2, -0.15) is 0 Å². The fourth-order valence-corrected chi connectivity index (χ4v) is 3.49. The second kappa shape index (κ2) is 10.1. The number of nitrogens with one attached hydrogen (secondary N) is 2. The van der Waals surface area contributed by atoms with Crippen LogP contribution < -0.4 is 10.6 Å². The summed E-state index contributed by atoms with van der Waals surface area (Å²) in [6.45, 7) is 2.23. The van der Waals surface area contributed by atoms with Crippen LogP contribution in [0.25, 0.3) is 0 Å². The van der Waals surface area contributed by atoms with E-state index in [1.165, 1.54) is 6.07 Å². The van der Waals surface area contributed by atoms with Gasteiger partial charge in [0.1, 0.15) is 5.69 Å². The van der Waals surface area contributed by atoms with E-state index in [0.29, 0.717) is 30.3 Å². The van der Waals surface area contributed by atoms with Gasteiger partial charge < -0.3 is 15.5 Å². The maximum Gasteiger partial charge on any atom is 0.293 e. The van der Waals surface area contributed by atoms with Gasteiger partial charge in [0.15, 0.2) is 0 Å². The number of piperidine rings is 1. The first-order valence-electron chi connectivity index (χ1n) is 9.13. The molecule has 2 N–H and O–H groups in total. The summed E-state index contributed by atoms with van der Waals surface area (Å²) >= 11 is 0. The third kappa shape index (κ3) is 5.21. The molecular formula is C20H25ClN4O3. The van der Waals surface area contributed by atoms with Crippen LogP contribution in [0.15, 0.2) is 48.5 Å². The van der Waals surface area contributed by atoms with Crippen molar-refractivity contribution in [1.82, 2.24) is 10.2 Å². The lowest BCUT2D eigenvalue weighted by molar-refractivity contribution is -0.383. The Morgan fingerprint density at radius 3 is 2.68 bits per heavy atom. The average Bonchev–Trinajstić information content (AvgIpc) is 2.69. The number of para-hydroxylation sites is 1. The number of anilines is 2. The number of benzene rings is 2. The van der Waals surface area contributed by atoms with Gasteiger partial charge in [-0.25, -0.2) is 0 Å². The first-order chi connectivity index (χ1) is 13.1. The number of carbonyl (C=O) groups is 1. The second-order valence-corrected chi connectivity index (χ2v) is 6.80. The molecule has 150 valence electrons. The zero-order valence-electron chi connectivity index (χ0n) is 15.8. The van der Waals surface area contributed by atoms with Crippen molar-refractivity contribution in [3.63, 3.8) is 0 Å². The molecule has 0 saturated carbocycles. The zero-order valence-corrected chi connectivity index (χ0v) is 16.6. The maximum atomic E-state index is 12.9. The van der Waals surface area contributed by atoms with Crippen LogP contribution in [0.4, 0.5) is 17.1 Å². The number of nitrogens with zero attached hydrogens (tertiary/aromatic N) is 2. The minimum Gasteiger partial charge on any atom is -0.350 e. The van der Waals surface area contributed by atoms with Crippen molar-refractivity contribution in [2.24, 2.45) is 5.92 Å². The third-order valence-corrected chi connectivity index (χ3v) is 4.79. The highest BCUT2D eigenvalue weighted by molar-refractivity contribution is 5.96. The highest BCUT2D eigenvalue weighted by Gasteiger charge is 2.26. The number of amides is 1. The van der Waals surface area contributed by atoms with E-state index in [4.69, 9.17) is 0 Å². The van der Waals surface area contributed by atoms with E-state index in [1.807, 2.05) is 37.4 Å². The van der Waals surface area contributed by atoms with Crippen molar-refractivity contribution < 1.29 is 9.72 Å². The number of halogens is 1. The summed E-state index contributed by atoms with van der Waals surface area (Å²) in [5, 5.41) is 17.7. The van der Waals surface area contributed by atoms with Crippen LogP contribution in [-0.2, 0) is 0 Å². The molecule has 7 nitrogen and oxygen atoms in total. The molecule has 2 aromatic carbocycles. The number of rotatable bonds is 6. The van der Waals surface area contributed by atoms with Gasteiger partial charge in [-0.3, -0.25) is 14.9 Å². The molecule has 1 aliphatic rings. The molecule has 3 rings (SSSR count). The molecule has 0 radical (unpaired) electrons. The Morgan fingerprint density at radius 1 is 1.25 bits per heavy atom. The van der Waals surface area contributed by atoms with Gasteiger partial charge in [0.05, 0.1) is 4.92 Å². The molecule has 0 aliphatic carbocycles. The lowest BCUT2D eigenvalue weighted by atomic mass is 9.97. The molecule has 0 spiro atoms. The summed E-state index contributed by atoms with van der Waals surface area (Å²) in [5.74, 6) is 0.270. The van der Waals surface area contributed by atoms with Crippen LogP contribution in [0.5, 0.6) is 0 Å². The van der Waals surface area contributed by atoms with Gasteiger partial charge in [0.25, 0.3) is 11.6 Å². The summed E-state index contributed by atoms with van der Waals surface area (Å²) in [7, 11) is 1.91. The number of hydrogen-bond acceptors (Lipinski definition) is 5. The van der Waals surface area contributed by atoms with Crippen molar-refractivity contribution in [3.8, 4) is 0 Å². The molecule has 0 bridgehead atoms. The highest BCUT2D eigenvalue weighted by Crippen LogP contribution is 2.29. The van der Waals surface area contributed by atoms with Crippen LogP contribution in [0.1, 0.15) is 23.2 Å². The van der Waals surface area contributed by atoms with Crippen LogP contribution in [0, 0.1) is 16.0 Å². The van der Waals surface area contributed by atoms with E-state index >= 15 is 0 Å². The van der Waals surface area contributed by atoms with E-state index in [1.54, 1.807) is 17.0 Å². The summed E-state index contributed by atoms with van der Waals surface area (Å²) < 4.78 is 0. The highest BCUT2D eigenvalue weighted by atomic mass is 35.5. The van der Waals surface area contributed by atoms with Gasteiger partial charge in [-0.15, -0.1) is 12.4 Å². The molecule has 1 unspecified atom stereocenters. The lowest BCUT2D eigenvalue weighted by Gasteiger charge is -2.32. The minimum atomic E-state index is -0.456. The topological polar surface area (TPSA) is 87.5 Å². The van der Waals surface area contributed by atoms with Crippen LogP contribution in [-0.4, -0.2) is 42.4 Å². The lowest BCUT2D eigenvalue weighted by Crippen LogP contribution is -2.42. The predicted octanol–water partition coefficient (Wildman–Crippen LogP) is 3.83. The fraction of sp³-hybridized carbons (Fsp3) is 0.350. The van der Waals surface area contributed by atoms with Gasteiger partial charge in [0.2, 0.25) is 0 Å². The van der Waals surface area contributed by atoms with Crippen molar-refractivity contribution in [2.75, 3.05) is 32.0 Å². The summed E-state index contributed by atoms with van der Waals surface area (Å²) in [5.41, 5.74) is 1.37. The number of likely N-dealkylation sites (tertiary alicyclic amines) is 1. The average molecular weight is 405 g/mol. The molecular weight excluding hydrogens is 380 g/mol. The van der Waals surface area contributed by atoms with Crippen LogP contribution >= 0.6 is 12.4 Å². The Bertz CT molecular complexity index is 814. The van der Waals surface area contributed by atoms with E-state index in [0.717, 1.165) is 25.1 Å². The molecule has 1 atom stereocenters. The zero-order chi connectivity index (χ0) is 19.2. The third-order valence-electron chi connectivity index (χ3n) is 4.79. The molecule has 1 fully saturated rings. The first-order valence-corrected chi connectivity index (χ1v) is 9.13. The van der Waals surface area contributed by atoms with Crippen molar-refractivity contribution in [2.45, 2.75) is 12.8 Å². The van der Waals surface area contributed by atoms with Crippen molar-refractivity contribution in [3.05, 3.63) is 64.2 Å². The SMILES string of the molecule is CNCC1CCCN(C(=O)c2ccc(Nc3ccccc3)c([N+](=O)[O-])c2)C1.Cl. The Labute approximate surface area is 170 Å². The Hall–Kier alpha value is -2.64. The molecule has 1 aliphatic heterocycles. The summed E-state index contributed by atoms with van der Waals surface area (Å²) in [4.78, 5) is 25.7. The van der Waals surface area contributed by atoms with Gasteiger partial charge in [-0.05, 0) is 56.6 Å². The summed E-state index contributed by atoms with van der Waals surface area (Å²) in [6.07, 6.45) is 2.04. The quantitative estimate of drug-likeness (QED) is 0.564. The second-order valence-electron chi connectivity index (χ2n) is 6.80. The predicted molar refractivity (Wildman–Crippen MR) is 113 cm³/mol. The molecule has 2 aromatic rings. The number of nitro benzene ring substituents is 1. The van der Waals surface area contributed by atoms with E-state index < -0.39 is 4.92 Å². The molecule has 0 aromatic heterocycles. The first kappa shape index (κ1) is 21.7. The van der Waals surface area contributed by atoms with E-state index in [2.05, 4.69) is 10.6 Å². The van der Waals surface area contributed by atoms with E-state index in [-0.39, 0.29) is 24.0 Å². The standard InChI is InChI=1S/C20H24N4O3.ClH/c1-21-13-15-6-5-11-23(14-15)20(25)16-9-10-18(19(12-16)24(26)27)22-17-7-3-2-4-8-17;/h2-4,7-10,12,15,21-22H,5-6,11,13-14H2,1H3;1H. The molecule has 1 amide bonds. The Balaban J connectivity index is 0.00000280. The van der Waals surface area contributed by atoms with Crippen LogP contribution in [0.2, 0.25) is 0 Å². The Morgan fingerprint density at radius 2 is 2.00 bits per heavy atom. The van der Waals surface area contributed by atoms with Gasteiger partial charge in [0, 0.05) is 30.4 Å². The summed E-state index contributed by atoms with van der Waals surface area (Å²) in [6, 6.07) is 13.9. The molecule has 1 saturated heterocycles. The van der Waals surface area contributed by atoms with Crippen LogP contribution in [0.3, 0.4) is 0 Å². The van der Waals surface area contributed by atoms with Crippen molar-refractivity contribution >= 4 is 35.4 Å². The van der Waals surface area contributed by atoms with E-state index in [9.17, 15) is 14.9 Å². The largest absolute Gasteiger partial charge is 0.350 e. The molecule has 1 heterocycles. The normalized spacial score (nSPS) is 16.2. The van der Waals surface area contributed by atoms with Gasteiger partial charge >= 0.3 is 0 Å². The van der Waals surface area contributed by atoms with Crippen molar-refractivity contribution in [1.29, 1.82) is 0 Å². The number of carbonyl (C=O) groups excluding carboxylic acids is 1. The Kier molecular flexibility index (Phi) is 7.78. The number of nitro groups is 1. The molecule has 28 heavy (non-hydrogen) atoms. The smallest absolute Gasteiger partial charge is 0.293 e. The number of hydrogen-bond donors (Lipinski definition) is 2. The van der Waals surface area contributed by atoms with Gasteiger partial charge in [-0.1, -0.05) is 18.2 Å². The molecule has 8 heteroatoms. The maximum absolute atomic E-state index is 12.9. The minimum absolute atomic E-state index is 0.